The number of hydrogen-bond acceptors (Lipinski definition) is 3. The predicted molar refractivity (Wildman–Crippen MR) is 89.3 cm³/mol. The largest absolute Gasteiger partial charge is 0.451 e. The quantitative estimate of drug-likeness (QED) is 0.595. The molecule has 0 aliphatic heterocycles. The predicted octanol–water partition coefficient (Wildman–Crippen LogP) is 4.49. The SMILES string of the molecule is Cc1ccc(C(=O)O[C@H](C)C(=O)c2ccc(Br)cc2)cc1C. The van der Waals surface area contributed by atoms with Crippen LogP contribution in [0.15, 0.2) is 46.9 Å². The van der Waals surface area contributed by atoms with Crippen molar-refractivity contribution in [1.82, 2.24) is 0 Å². The molecule has 3 nitrogen and oxygen atoms in total. The van der Waals surface area contributed by atoms with Crippen molar-refractivity contribution in [3.8, 4) is 0 Å². The average molecular weight is 361 g/mol. The number of rotatable bonds is 4. The van der Waals surface area contributed by atoms with Crippen LogP contribution in [0.2, 0.25) is 0 Å². The van der Waals surface area contributed by atoms with Gasteiger partial charge in [-0.1, -0.05) is 34.1 Å². The minimum absolute atomic E-state index is 0.218. The molecule has 0 fully saturated rings. The number of halogens is 1. The van der Waals surface area contributed by atoms with E-state index in [4.69, 9.17) is 4.74 Å². The van der Waals surface area contributed by atoms with Gasteiger partial charge in [-0.3, -0.25) is 4.79 Å². The van der Waals surface area contributed by atoms with Crippen LogP contribution in [0, 0.1) is 13.8 Å². The maximum Gasteiger partial charge on any atom is 0.338 e. The van der Waals surface area contributed by atoms with Crippen LogP contribution in [0.25, 0.3) is 0 Å². The maximum atomic E-state index is 12.3. The van der Waals surface area contributed by atoms with Crippen LogP contribution in [-0.2, 0) is 4.74 Å². The summed E-state index contributed by atoms with van der Waals surface area (Å²) >= 11 is 3.32. The summed E-state index contributed by atoms with van der Waals surface area (Å²) in [6, 6.07) is 12.3. The van der Waals surface area contributed by atoms with Crippen molar-refractivity contribution in [3.63, 3.8) is 0 Å². The molecule has 0 aromatic heterocycles. The third kappa shape index (κ3) is 3.83. The van der Waals surface area contributed by atoms with Crippen LogP contribution in [-0.4, -0.2) is 17.9 Å². The van der Waals surface area contributed by atoms with Crippen molar-refractivity contribution in [2.45, 2.75) is 26.9 Å². The highest BCUT2D eigenvalue weighted by molar-refractivity contribution is 9.10. The second kappa shape index (κ2) is 6.88. The summed E-state index contributed by atoms with van der Waals surface area (Å²) < 4.78 is 6.17. The lowest BCUT2D eigenvalue weighted by atomic mass is 10.1. The number of esters is 1. The molecule has 0 aliphatic carbocycles. The van der Waals surface area contributed by atoms with Crippen LogP contribution >= 0.6 is 15.9 Å². The molecule has 0 saturated carbocycles. The molecule has 2 aromatic carbocycles. The van der Waals surface area contributed by atoms with E-state index in [9.17, 15) is 9.59 Å². The average Bonchev–Trinajstić information content (AvgIpc) is 2.50. The summed E-state index contributed by atoms with van der Waals surface area (Å²) in [5.74, 6) is -0.703. The molecule has 0 saturated heterocycles. The first-order valence-corrected chi connectivity index (χ1v) is 7.76. The van der Waals surface area contributed by atoms with E-state index >= 15 is 0 Å². The first-order valence-electron chi connectivity index (χ1n) is 6.96. The Balaban J connectivity index is 2.08. The minimum Gasteiger partial charge on any atom is -0.451 e. The number of ether oxygens (including phenoxy) is 1. The number of hydrogen-bond donors (Lipinski definition) is 0. The van der Waals surface area contributed by atoms with Crippen LogP contribution in [0.1, 0.15) is 38.8 Å². The Hall–Kier alpha value is -1.94. The van der Waals surface area contributed by atoms with Gasteiger partial charge in [-0.05, 0) is 56.2 Å². The van der Waals surface area contributed by atoms with E-state index in [-0.39, 0.29) is 5.78 Å². The Kier molecular flexibility index (Phi) is 5.14. The molecular formula is C18H17BrO3. The number of benzene rings is 2. The first-order chi connectivity index (χ1) is 10.4. The normalized spacial score (nSPS) is 11.8. The molecule has 1 atom stereocenters. The van der Waals surface area contributed by atoms with Gasteiger partial charge in [0.15, 0.2) is 6.10 Å². The molecule has 0 bridgehead atoms. The zero-order valence-corrected chi connectivity index (χ0v) is 14.3. The number of aryl methyl sites for hydroxylation is 2. The van der Waals surface area contributed by atoms with Crippen molar-refractivity contribution in [1.29, 1.82) is 0 Å². The lowest BCUT2D eigenvalue weighted by Crippen LogP contribution is -2.24. The summed E-state index contributed by atoms with van der Waals surface area (Å²) in [6.07, 6.45) is -0.824. The highest BCUT2D eigenvalue weighted by atomic mass is 79.9. The van der Waals surface area contributed by atoms with Gasteiger partial charge >= 0.3 is 5.97 Å². The third-order valence-corrected chi connectivity index (χ3v) is 4.05. The van der Waals surface area contributed by atoms with Crippen molar-refractivity contribution in [3.05, 3.63) is 69.2 Å². The van der Waals surface area contributed by atoms with Crippen molar-refractivity contribution >= 4 is 27.7 Å². The highest BCUT2D eigenvalue weighted by Gasteiger charge is 2.20. The number of carbonyl (C=O) groups excluding carboxylic acids is 2. The molecule has 0 spiro atoms. The van der Waals surface area contributed by atoms with E-state index in [0.717, 1.165) is 15.6 Å². The van der Waals surface area contributed by atoms with Gasteiger partial charge in [0.05, 0.1) is 5.56 Å². The van der Waals surface area contributed by atoms with E-state index in [1.165, 1.54) is 0 Å². The summed E-state index contributed by atoms with van der Waals surface area (Å²) in [5, 5.41) is 0. The van der Waals surface area contributed by atoms with E-state index in [1.807, 2.05) is 19.9 Å². The first kappa shape index (κ1) is 16.4. The van der Waals surface area contributed by atoms with Gasteiger partial charge in [-0.2, -0.15) is 0 Å². The Morgan fingerprint density at radius 2 is 1.55 bits per heavy atom. The molecule has 22 heavy (non-hydrogen) atoms. The molecule has 0 heterocycles. The highest BCUT2D eigenvalue weighted by Crippen LogP contribution is 2.15. The molecule has 2 aromatic rings. The summed E-state index contributed by atoms with van der Waals surface area (Å²) in [6.45, 7) is 5.50. The van der Waals surface area contributed by atoms with Gasteiger partial charge in [0, 0.05) is 10.0 Å². The smallest absolute Gasteiger partial charge is 0.338 e. The van der Waals surface area contributed by atoms with Gasteiger partial charge in [-0.25, -0.2) is 4.79 Å². The van der Waals surface area contributed by atoms with Gasteiger partial charge in [0.25, 0.3) is 0 Å². The second-order valence-electron chi connectivity index (χ2n) is 5.22. The van der Waals surface area contributed by atoms with Gasteiger partial charge in [0.1, 0.15) is 0 Å². The molecule has 0 N–H and O–H groups in total. The number of carbonyl (C=O) groups is 2. The van der Waals surface area contributed by atoms with Crippen molar-refractivity contribution < 1.29 is 14.3 Å². The summed E-state index contributed by atoms with van der Waals surface area (Å²) in [7, 11) is 0. The molecule has 0 radical (unpaired) electrons. The van der Waals surface area contributed by atoms with E-state index in [2.05, 4.69) is 15.9 Å². The van der Waals surface area contributed by atoms with Gasteiger partial charge in [0.2, 0.25) is 5.78 Å². The van der Waals surface area contributed by atoms with E-state index in [1.54, 1.807) is 43.3 Å². The number of ketones is 1. The topological polar surface area (TPSA) is 43.4 Å². The fourth-order valence-corrected chi connectivity index (χ4v) is 2.26. The van der Waals surface area contributed by atoms with E-state index in [0.29, 0.717) is 11.1 Å². The molecular weight excluding hydrogens is 344 g/mol. The zero-order valence-electron chi connectivity index (χ0n) is 12.7. The molecule has 0 unspecified atom stereocenters. The summed E-state index contributed by atoms with van der Waals surface area (Å²) in [5.41, 5.74) is 3.10. The zero-order chi connectivity index (χ0) is 16.3. The molecule has 2 rings (SSSR count). The van der Waals surface area contributed by atoms with Crippen molar-refractivity contribution in [2.75, 3.05) is 0 Å². The minimum atomic E-state index is -0.824. The second-order valence-corrected chi connectivity index (χ2v) is 6.13. The maximum absolute atomic E-state index is 12.3. The molecule has 4 heteroatoms. The van der Waals surface area contributed by atoms with Crippen molar-refractivity contribution in [2.24, 2.45) is 0 Å². The molecule has 0 aliphatic rings. The Labute approximate surface area is 138 Å². The molecule has 0 amide bonds. The van der Waals surface area contributed by atoms with Crippen LogP contribution in [0.3, 0.4) is 0 Å². The Morgan fingerprint density at radius 1 is 0.955 bits per heavy atom. The lowest BCUT2D eigenvalue weighted by Gasteiger charge is -2.13. The van der Waals surface area contributed by atoms with Gasteiger partial charge in [-0.15, -0.1) is 0 Å². The monoisotopic (exact) mass is 360 g/mol. The fraction of sp³-hybridized carbons (Fsp3) is 0.222. The molecule has 114 valence electrons. The lowest BCUT2D eigenvalue weighted by molar-refractivity contribution is 0.0318. The van der Waals surface area contributed by atoms with Crippen LogP contribution in [0.4, 0.5) is 0 Å². The Bertz CT molecular complexity index is 705. The van der Waals surface area contributed by atoms with Crippen LogP contribution < -0.4 is 0 Å². The standard InChI is InChI=1S/C18H17BrO3/c1-11-4-5-15(10-12(11)2)18(21)22-13(3)17(20)14-6-8-16(19)9-7-14/h4-10,13H,1-3H3/t13-/m1/s1. The van der Waals surface area contributed by atoms with Gasteiger partial charge < -0.3 is 4.74 Å². The Morgan fingerprint density at radius 3 is 2.14 bits per heavy atom. The van der Waals surface area contributed by atoms with Crippen LogP contribution in [0.5, 0.6) is 0 Å². The van der Waals surface area contributed by atoms with E-state index < -0.39 is 12.1 Å². The summed E-state index contributed by atoms with van der Waals surface area (Å²) in [4.78, 5) is 24.4. The third-order valence-electron chi connectivity index (χ3n) is 3.52. The fourth-order valence-electron chi connectivity index (χ4n) is 2.00. The number of Topliss-reactive ketones (excluding diaryl/α,β-unsaturated/α-hetero) is 1.